The molecular formula is C19H21ClF2N2O2S. The Morgan fingerprint density at radius 3 is 2.52 bits per heavy atom. The van der Waals surface area contributed by atoms with Crippen LogP contribution in [0.2, 0.25) is 5.02 Å². The quantitative estimate of drug-likeness (QED) is 0.640. The van der Waals surface area contributed by atoms with E-state index in [0.29, 0.717) is 16.7 Å². The molecule has 27 heavy (non-hydrogen) atoms. The Kier molecular flexibility index (Phi) is 7.21. The van der Waals surface area contributed by atoms with Gasteiger partial charge in [-0.1, -0.05) is 23.7 Å². The van der Waals surface area contributed by atoms with Gasteiger partial charge in [0.15, 0.2) is 16.6 Å². The first kappa shape index (κ1) is 21.2. The average molecular weight is 415 g/mol. The summed E-state index contributed by atoms with van der Waals surface area (Å²) in [6.07, 6.45) is 0. The topological polar surface area (TPSA) is 33.7 Å². The third kappa shape index (κ3) is 5.68. The molecule has 146 valence electrons. The van der Waals surface area contributed by atoms with Gasteiger partial charge in [0.2, 0.25) is 0 Å². The minimum Gasteiger partial charge on any atom is -0.493 e. The maximum Gasteiger partial charge on any atom is 0.387 e. The number of hydrogen-bond acceptors (Lipinski definition) is 3. The fourth-order valence-electron chi connectivity index (χ4n) is 2.63. The van der Waals surface area contributed by atoms with Crippen molar-refractivity contribution in [1.82, 2.24) is 4.90 Å². The van der Waals surface area contributed by atoms with E-state index < -0.39 is 6.61 Å². The van der Waals surface area contributed by atoms with Crippen LogP contribution < -0.4 is 14.8 Å². The first-order valence-corrected chi connectivity index (χ1v) is 8.90. The van der Waals surface area contributed by atoms with Crippen LogP contribution in [0, 0.1) is 13.8 Å². The Hall–Kier alpha value is -2.12. The monoisotopic (exact) mass is 414 g/mol. The minimum atomic E-state index is -2.91. The smallest absolute Gasteiger partial charge is 0.387 e. The number of anilines is 1. The van der Waals surface area contributed by atoms with Crippen LogP contribution >= 0.6 is 23.8 Å². The van der Waals surface area contributed by atoms with E-state index >= 15 is 0 Å². The highest BCUT2D eigenvalue weighted by Crippen LogP contribution is 2.30. The second-order valence-corrected chi connectivity index (χ2v) is 6.88. The number of nitrogens with one attached hydrogen (secondary N) is 1. The van der Waals surface area contributed by atoms with Gasteiger partial charge in [-0.15, -0.1) is 0 Å². The van der Waals surface area contributed by atoms with Crippen LogP contribution in [0.5, 0.6) is 11.5 Å². The number of halogens is 3. The Morgan fingerprint density at radius 1 is 1.22 bits per heavy atom. The number of thiocarbonyl (C=S) groups is 1. The summed E-state index contributed by atoms with van der Waals surface area (Å²) in [5, 5.41) is 4.24. The molecule has 2 rings (SSSR count). The van der Waals surface area contributed by atoms with Gasteiger partial charge in [-0.3, -0.25) is 0 Å². The van der Waals surface area contributed by atoms with Crippen molar-refractivity contribution in [2.75, 3.05) is 19.5 Å². The summed E-state index contributed by atoms with van der Waals surface area (Å²) in [7, 11) is 3.22. The number of rotatable bonds is 6. The van der Waals surface area contributed by atoms with E-state index in [1.165, 1.54) is 13.2 Å². The number of hydrogen-bond donors (Lipinski definition) is 1. The number of ether oxygens (including phenoxy) is 2. The van der Waals surface area contributed by atoms with Gasteiger partial charge in [-0.2, -0.15) is 8.78 Å². The van der Waals surface area contributed by atoms with Crippen molar-refractivity contribution in [2.24, 2.45) is 0 Å². The molecule has 2 aromatic rings. The highest BCUT2D eigenvalue weighted by atomic mass is 35.5. The molecule has 0 bridgehead atoms. The van der Waals surface area contributed by atoms with Crippen molar-refractivity contribution in [3.8, 4) is 11.5 Å². The lowest BCUT2D eigenvalue weighted by Crippen LogP contribution is -2.31. The Balaban J connectivity index is 2.10. The summed E-state index contributed by atoms with van der Waals surface area (Å²) in [4.78, 5) is 1.81. The van der Waals surface area contributed by atoms with Gasteiger partial charge in [0.25, 0.3) is 0 Å². The van der Waals surface area contributed by atoms with E-state index in [2.05, 4.69) is 10.1 Å². The highest BCUT2D eigenvalue weighted by molar-refractivity contribution is 7.80. The van der Waals surface area contributed by atoms with Crippen LogP contribution in [0.25, 0.3) is 0 Å². The van der Waals surface area contributed by atoms with Gasteiger partial charge >= 0.3 is 6.61 Å². The predicted molar refractivity (Wildman–Crippen MR) is 108 cm³/mol. The lowest BCUT2D eigenvalue weighted by molar-refractivity contribution is -0.0512. The number of nitrogens with zero attached hydrogens (tertiary/aromatic N) is 1. The molecule has 0 unspecified atom stereocenters. The number of benzene rings is 2. The third-order valence-electron chi connectivity index (χ3n) is 3.87. The van der Waals surface area contributed by atoms with Crippen molar-refractivity contribution in [1.29, 1.82) is 0 Å². The minimum absolute atomic E-state index is 0.0123. The van der Waals surface area contributed by atoms with Crippen molar-refractivity contribution < 1.29 is 18.3 Å². The van der Waals surface area contributed by atoms with E-state index in [-0.39, 0.29) is 11.5 Å². The van der Waals surface area contributed by atoms with Crippen LogP contribution in [-0.4, -0.2) is 30.8 Å². The number of aryl methyl sites for hydroxylation is 2. The van der Waals surface area contributed by atoms with Crippen molar-refractivity contribution >= 4 is 34.6 Å². The Labute approximate surface area is 168 Å². The normalized spacial score (nSPS) is 10.7. The maximum atomic E-state index is 12.4. The van der Waals surface area contributed by atoms with Gasteiger partial charge in [0, 0.05) is 13.6 Å². The SMILES string of the molecule is COc1cc(CN(C)C(=S)Nc2c(C)cc(C)cc2Cl)ccc1OC(F)F. The zero-order valence-corrected chi connectivity index (χ0v) is 17.0. The van der Waals surface area contributed by atoms with Gasteiger partial charge in [0.05, 0.1) is 17.8 Å². The van der Waals surface area contributed by atoms with Gasteiger partial charge in [-0.05, 0) is 61.0 Å². The van der Waals surface area contributed by atoms with Gasteiger partial charge < -0.3 is 19.7 Å². The van der Waals surface area contributed by atoms with Crippen LogP contribution in [0.3, 0.4) is 0 Å². The zero-order valence-electron chi connectivity index (χ0n) is 15.5. The lowest BCUT2D eigenvalue weighted by Gasteiger charge is -2.23. The second-order valence-electron chi connectivity index (χ2n) is 6.09. The van der Waals surface area contributed by atoms with Crippen LogP contribution in [0.4, 0.5) is 14.5 Å². The van der Waals surface area contributed by atoms with E-state index in [0.717, 1.165) is 22.4 Å². The molecule has 0 amide bonds. The standard InChI is InChI=1S/C19H21ClF2N2O2S/c1-11-7-12(2)17(14(20)8-11)23-19(27)24(3)10-13-5-6-15(26-18(21)22)16(9-13)25-4/h5-9,18H,10H2,1-4H3,(H,23,27). The Morgan fingerprint density at radius 2 is 1.93 bits per heavy atom. The highest BCUT2D eigenvalue weighted by Gasteiger charge is 2.14. The maximum absolute atomic E-state index is 12.4. The molecule has 0 heterocycles. The molecule has 0 aliphatic carbocycles. The first-order valence-electron chi connectivity index (χ1n) is 8.12. The van der Waals surface area contributed by atoms with E-state index in [4.69, 9.17) is 28.6 Å². The molecule has 2 aromatic carbocycles. The largest absolute Gasteiger partial charge is 0.493 e. The van der Waals surface area contributed by atoms with Crippen LogP contribution in [0.15, 0.2) is 30.3 Å². The molecule has 0 aromatic heterocycles. The molecule has 0 radical (unpaired) electrons. The number of alkyl halides is 2. The molecule has 0 saturated heterocycles. The molecule has 0 fully saturated rings. The van der Waals surface area contributed by atoms with Gasteiger partial charge in [-0.25, -0.2) is 0 Å². The van der Waals surface area contributed by atoms with Crippen molar-refractivity contribution in [3.05, 3.63) is 52.0 Å². The van der Waals surface area contributed by atoms with E-state index in [1.807, 2.05) is 37.9 Å². The Bertz CT molecular complexity index is 810. The molecule has 0 aliphatic heterocycles. The summed E-state index contributed by atoms with van der Waals surface area (Å²) in [6.45, 7) is 1.46. The molecule has 0 spiro atoms. The summed E-state index contributed by atoms with van der Waals surface area (Å²) in [5.74, 6) is 0.221. The van der Waals surface area contributed by atoms with Crippen molar-refractivity contribution in [3.63, 3.8) is 0 Å². The predicted octanol–water partition coefficient (Wildman–Crippen LogP) is 5.40. The fourth-order valence-corrected chi connectivity index (χ4v) is 3.16. The van der Waals surface area contributed by atoms with Crippen LogP contribution in [0.1, 0.15) is 16.7 Å². The lowest BCUT2D eigenvalue weighted by atomic mass is 10.1. The van der Waals surface area contributed by atoms with E-state index in [1.54, 1.807) is 12.1 Å². The fraction of sp³-hybridized carbons (Fsp3) is 0.316. The summed E-state index contributed by atoms with van der Waals surface area (Å²) < 4.78 is 34.4. The van der Waals surface area contributed by atoms with E-state index in [9.17, 15) is 8.78 Å². The zero-order chi connectivity index (χ0) is 20.1. The molecular weight excluding hydrogens is 394 g/mol. The van der Waals surface area contributed by atoms with Crippen molar-refractivity contribution in [2.45, 2.75) is 27.0 Å². The summed E-state index contributed by atoms with van der Waals surface area (Å²) >= 11 is 11.8. The number of methoxy groups -OCH3 is 1. The molecule has 0 atom stereocenters. The first-order chi connectivity index (χ1) is 12.7. The third-order valence-corrected chi connectivity index (χ3v) is 4.59. The molecule has 4 nitrogen and oxygen atoms in total. The molecule has 0 saturated carbocycles. The van der Waals surface area contributed by atoms with Gasteiger partial charge in [0.1, 0.15) is 0 Å². The average Bonchev–Trinajstić information content (AvgIpc) is 2.58. The molecule has 0 aliphatic rings. The second kappa shape index (κ2) is 9.19. The summed E-state index contributed by atoms with van der Waals surface area (Å²) in [5.41, 5.74) is 3.65. The van der Waals surface area contributed by atoms with Crippen LogP contribution in [-0.2, 0) is 6.54 Å². The molecule has 1 N–H and O–H groups in total. The molecule has 8 heteroatoms. The summed E-state index contributed by atoms with van der Waals surface area (Å²) in [6, 6.07) is 8.66.